The van der Waals surface area contributed by atoms with E-state index in [1.165, 1.54) is 12.4 Å². The summed E-state index contributed by atoms with van der Waals surface area (Å²) in [4.78, 5) is 65.6. The van der Waals surface area contributed by atoms with Crippen LogP contribution >= 0.6 is 0 Å². The van der Waals surface area contributed by atoms with Crippen molar-refractivity contribution in [2.75, 3.05) is 37.1 Å². The molecule has 2 rings (SSSR count). The number of esters is 4. The summed E-state index contributed by atoms with van der Waals surface area (Å²) in [5.41, 5.74) is 0.152. The molecular weight excluding hydrogens is 548 g/mol. The van der Waals surface area contributed by atoms with Crippen LogP contribution in [-0.4, -0.2) is 70.2 Å². The maximum absolute atomic E-state index is 12.5. The zero-order valence-electron chi connectivity index (χ0n) is 25.3. The molecule has 2 aromatic rings. The first-order valence-corrected chi connectivity index (χ1v) is 13.8. The molecule has 0 aliphatic heterocycles. The molecule has 0 spiro atoms. The first-order valence-electron chi connectivity index (χ1n) is 13.8. The molecule has 14 nitrogen and oxygen atoms in total. The highest BCUT2D eigenvalue weighted by Crippen LogP contribution is 2.33. The number of nitrogens with one attached hydrogen (secondary N) is 4. The Morgan fingerprint density at radius 1 is 0.619 bits per heavy atom. The van der Waals surface area contributed by atoms with Crippen LogP contribution in [0.1, 0.15) is 78.9 Å². The average Bonchev–Trinajstić information content (AvgIpc) is 3.54. The van der Waals surface area contributed by atoms with Gasteiger partial charge in [-0.3, -0.25) is 0 Å². The molecule has 0 amide bonds. The van der Waals surface area contributed by atoms with E-state index in [2.05, 4.69) is 30.6 Å². The second kappa shape index (κ2) is 16.0. The van der Waals surface area contributed by atoms with E-state index in [0.29, 0.717) is 23.0 Å². The molecule has 0 aliphatic rings. The lowest BCUT2D eigenvalue weighted by atomic mass is 10.2. The summed E-state index contributed by atoms with van der Waals surface area (Å²) in [6.45, 7) is 14.5. The van der Waals surface area contributed by atoms with Gasteiger partial charge in [-0.25, -0.2) is 29.1 Å². The number of hydrogen-bond acceptors (Lipinski definition) is 12. The monoisotopic (exact) mass is 588 g/mol. The summed E-state index contributed by atoms with van der Waals surface area (Å²) in [7, 11) is 0. The highest BCUT2D eigenvalue weighted by atomic mass is 16.6. The molecule has 0 unspecified atom stereocenters. The van der Waals surface area contributed by atoms with Gasteiger partial charge in [0.1, 0.15) is 23.0 Å². The van der Waals surface area contributed by atoms with Gasteiger partial charge in [-0.2, -0.15) is 0 Å². The molecule has 14 heteroatoms. The number of ether oxygens (including phenoxy) is 4. The summed E-state index contributed by atoms with van der Waals surface area (Å²) in [5, 5.41) is 5.84. The van der Waals surface area contributed by atoms with Gasteiger partial charge in [0, 0.05) is 24.2 Å². The van der Waals surface area contributed by atoms with E-state index in [9.17, 15) is 19.2 Å². The van der Waals surface area contributed by atoms with E-state index in [1.807, 2.05) is 27.7 Å². The number of carbonyl (C=O) groups is 4. The number of aromatic amines is 2. The third kappa shape index (κ3) is 8.69. The first kappa shape index (κ1) is 33.6. The summed E-state index contributed by atoms with van der Waals surface area (Å²) < 4.78 is 20.0. The van der Waals surface area contributed by atoms with Crippen LogP contribution < -0.4 is 10.6 Å². The zero-order valence-corrected chi connectivity index (χ0v) is 25.3. The maximum Gasteiger partial charge on any atom is 0.347 e. The number of nitrogens with zero attached hydrogens (tertiary/aromatic N) is 2. The van der Waals surface area contributed by atoms with Crippen molar-refractivity contribution in [1.29, 1.82) is 0 Å². The lowest BCUT2D eigenvalue weighted by Crippen LogP contribution is -2.19. The minimum Gasteiger partial charge on any atom is -0.462 e. The highest BCUT2D eigenvalue weighted by molar-refractivity contribution is 6.15. The van der Waals surface area contributed by atoms with Crippen LogP contribution in [0.2, 0.25) is 0 Å². The molecule has 0 atom stereocenters. The molecular formula is C28H40N6O8. The van der Waals surface area contributed by atoms with Crippen molar-refractivity contribution >= 4 is 35.5 Å². The van der Waals surface area contributed by atoms with E-state index in [4.69, 9.17) is 18.9 Å². The SMILES string of the molecule is CCOC(=O)C(=CNc1nc(C(C)C)[nH]c1-c1[nH]c(C(C)C)nc1NC=C(C(=O)OCC)C(=O)OCC)C(=O)OCC. The minimum atomic E-state index is -0.855. The third-order valence-electron chi connectivity index (χ3n) is 5.48. The highest BCUT2D eigenvalue weighted by Gasteiger charge is 2.25. The Labute approximate surface area is 244 Å². The van der Waals surface area contributed by atoms with Crippen molar-refractivity contribution in [2.24, 2.45) is 0 Å². The predicted molar refractivity (Wildman–Crippen MR) is 154 cm³/mol. The number of carbonyl (C=O) groups excluding carboxylic acids is 4. The van der Waals surface area contributed by atoms with Crippen molar-refractivity contribution in [3.8, 4) is 11.4 Å². The fraction of sp³-hybridized carbons (Fsp3) is 0.500. The zero-order chi connectivity index (χ0) is 31.4. The number of imidazole rings is 2. The molecule has 0 aliphatic carbocycles. The number of rotatable bonds is 15. The molecule has 0 saturated heterocycles. The molecule has 230 valence electrons. The Bertz CT molecular complexity index is 1180. The quantitative estimate of drug-likeness (QED) is 0.0774. The van der Waals surface area contributed by atoms with Crippen molar-refractivity contribution in [2.45, 2.75) is 67.2 Å². The topological polar surface area (TPSA) is 187 Å². The van der Waals surface area contributed by atoms with E-state index in [0.717, 1.165) is 0 Å². The van der Waals surface area contributed by atoms with Gasteiger partial charge in [0.25, 0.3) is 0 Å². The van der Waals surface area contributed by atoms with Gasteiger partial charge in [0.15, 0.2) is 22.8 Å². The molecule has 2 aromatic heterocycles. The van der Waals surface area contributed by atoms with Crippen LogP contribution in [0.15, 0.2) is 23.5 Å². The van der Waals surface area contributed by atoms with Gasteiger partial charge in [-0.15, -0.1) is 0 Å². The lowest BCUT2D eigenvalue weighted by molar-refractivity contribution is -0.148. The van der Waals surface area contributed by atoms with E-state index in [1.54, 1.807) is 27.7 Å². The van der Waals surface area contributed by atoms with Gasteiger partial charge in [-0.05, 0) is 27.7 Å². The van der Waals surface area contributed by atoms with Crippen molar-refractivity contribution < 1.29 is 38.1 Å². The van der Waals surface area contributed by atoms with Crippen LogP contribution in [0.4, 0.5) is 11.6 Å². The van der Waals surface area contributed by atoms with E-state index in [-0.39, 0.29) is 61.0 Å². The Balaban J connectivity index is 2.65. The normalized spacial score (nSPS) is 10.6. The minimum absolute atomic E-state index is 0.0270. The standard InChI is InChI=1S/C28H40N6O8/c1-9-39-25(35)17(26(36)40-10-2)13-29-23-19(31-21(33-23)15(5)6)20-24(34-22(32-20)16(7)8)30-14-18(27(37)41-11-3)28(38)42-12-4/h13-16,29-30H,9-12H2,1-8H3,(H,31,33)(H,32,34). The number of anilines is 2. The van der Waals surface area contributed by atoms with Crippen LogP contribution in [0.3, 0.4) is 0 Å². The fourth-order valence-corrected chi connectivity index (χ4v) is 3.42. The first-order chi connectivity index (χ1) is 20.0. The molecule has 42 heavy (non-hydrogen) atoms. The average molecular weight is 589 g/mol. The van der Waals surface area contributed by atoms with Crippen molar-refractivity contribution in [3.05, 3.63) is 35.2 Å². The molecule has 2 heterocycles. The number of H-pyrrole nitrogens is 2. The van der Waals surface area contributed by atoms with E-state index < -0.39 is 23.9 Å². The molecule has 0 aromatic carbocycles. The van der Waals surface area contributed by atoms with Crippen LogP contribution in [0, 0.1) is 0 Å². The molecule has 0 fully saturated rings. The van der Waals surface area contributed by atoms with E-state index >= 15 is 0 Å². The fourth-order valence-electron chi connectivity index (χ4n) is 3.42. The Hall–Kier alpha value is -4.62. The van der Waals surface area contributed by atoms with Gasteiger partial charge in [-0.1, -0.05) is 27.7 Å². The summed E-state index contributed by atoms with van der Waals surface area (Å²) >= 11 is 0. The second-order valence-electron chi connectivity index (χ2n) is 9.29. The predicted octanol–water partition coefficient (Wildman–Crippen LogP) is 3.89. The van der Waals surface area contributed by atoms with Crippen LogP contribution in [0.25, 0.3) is 11.4 Å². The van der Waals surface area contributed by atoms with Crippen molar-refractivity contribution in [1.82, 2.24) is 19.9 Å². The summed E-state index contributed by atoms with van der Waals surface area (Å²) in [6.07, 6.45) is 2.35. The van der Waals surface area contributed by atoms with Gasteiger partial charge < -0.3 is 39.5 Å². The largest absolute Gasteiger partial charge is 0.462 e. The van der Waals surface area contributed by atoms with Gasteiger partial charge >= 0.3 is 23.9 Å². The molecule has 0 radical (unpaired) electrons. The molecule has 0 saturated carbocycles. The number of aromatic nitrogens is 4. The smallest absolute Gasteiger partial charge is 0.347 e. The molecule has 4 N–H and O–H groups in total. The Morgan fingerprint density at radius 3 is 1.14 bits per heavy atom. The van der Waals surface area contributed by atoms with Crippen LogP contribution in [0.5, 0.6) is 0 Å². The number of hydrogen-bond donors (Lipinski definition) is 4. The van der Waals surface area contributed by atoms with Crippen molar-refractivity contribution in [3.63, 3.8) is 0 Å². The van der Waals surface area contributed by atoms with Gasteiger partial charge in [0.2, 0.25) is 0 Å². The summed E-state index contributed by atoms with van der Waals surface area (Å²) in [6, 6.07) is 0. The molecule has 0 bridgehead atoms. The summed E-state index contributed by atoms with van der Waals surface area (Å²) in [5.74, 6) is -1.78. The lowest BCUT2D eigenvalue weighted by Gasteiger charge is -2.09. The Kier molecular flexibility index (Phi) is 12.8. The third-order valence-corrected chi connectivity index (χ3v) is 5.48. The van der Waals surface area contributed by atoms with Crippen LogP contribution in [-0.2, 0) is 38.1 Å². The maximum atomic E-state index is 12.5. The second-order valence-corrected chi connectivity index (χ2v) is 9.29. The Morgan fingerprint density at radius 2 is 0.905 bits per heavy atom. The van der Waals surface area contributed by atoms with Gasteiger partial charge in [0.05, 0.1) is 26.4 Å².